The van der Waals surface area contributed by atoms with E-state index in [-0.39, 0.29) is 12.6 Å². The Morgan fingerprint density at radius 1 is 1.25 bits per heavy atom. The molecular formula is C13H23NO2. The van der Waals surface area contributed by atoms with E-state index >= 15 is 0 Å². The molecule has 1 aromatic rings. The fraction of sp³-hybridized carbons (Fsp3) is 0.538. The van der Waals surface area contributed by atoms with Crippen LogP contribution in [0.3, 0.4) is 0 Å². The molecule has 0 amide bonds. The highest BCUT2D eigenvalue weighted by atomic mass is 16.5. The largest absolute Gasteiger partial charge is 0.396 e. The third kappa shape index (κ3) is 7.40. The van der Waals surface area contributed by atoms with Crippen molar-refractivity contribution in [1.29, 1.82) is 0 Å². The highest BCUT2D eigenvalue weighted by molar-refractivity contribution is 5.13. The second kappa shape index (κ2) is 10.6. The van der Waals surface area contributed by atoms with Gasteiger partial charge in [-0.15, -0.1) is 0 Å². The van der Waals surface area contributed by atoms with Gasteiger partial charge in [-0.1, -0.05) is 44.2 Å². The normalized spacial score (nSPS) is 11.5. The maximum atomic E-state index is 8.62. The lowest BCUT2D eigenvalue weighted by Gasteiger charge is -2.10. The van der Waals surface area contributed by atoms with Gasteiger partial charge < -0.3 is 15.6 Å². The molecule has 1 aromatic carbocycles. The van der Waals surface area contributed by atoms with Crippen molar-refractivity contribution in [2.45, 2.75) is 32.9 Å². The smallest absolute Gasteiger partial charge is 0.0717 e. The van der Waals surface area contributed by atoms with E-state index in [0.29, 0.717) is 19.6 Å². The highest BCUT2D eigenvalue weighted by Crippen LogP contribution is 2.01. The lowest BCUT2D eigenvalue weighted by atomic mass is 10.2. The van der Waals surface area contributed by atoms with Crippen molar-refractivity contribution in [2.24, 2.45) is 5.73 Å². The molecule has 92 valence electrons. The summed E-state index contributed by atoms with van der Waals surface area (Å²) in [5, 5.41) is 8.62. The zero-order valence-corrected chi connectivity index (χ0v) is 10.2. The first-order valence-corrected chi connectivity index (χ1v) is 5.81. The van der Waals surface area contributed by atoms with Crippen LogP contribution in [0.25, 0.3) is 0 Å². The summed E-state index contributed by atoms with van der Waals surface area (Å²) < 4.78 is 5.40. The van der Waals surface area contributed by atoms with Crippen LogP contribution < -0.4 is 5.73 Å². The number of ether oxygens (including phenoxy) is 1. The zero-order chi connectivity index (χ0) is 12.2. The van der Waals surface area contributed by atoms with Crippen molar-refractivity contribution in [3.8, 4) is 0 Å². The van der Waals surface area contributed by atoms with Gasteiger partial charge in [0.2, 0.25) is 0 Å². The Kier molecular flexibility index (Phi) is 10.0. The van der Waals surface area contributed by atoms with Crippen LogP contribution >= 0.6 is 0 Å². The van der Waals surface area contributed by atoms with Gasteiger partial charge in [0.1, 0.15) is 0 Å². The average molecular weight is 225 g/mol. The van der Waals surface area contributed by atoms with Crippen LogP contribution in [0.2, 0.25) is 0 Å². The Balaban J connectivity index is 0.00000106. The lowest BCUT2D eigenvalue weighted by Crippen LogP contribution is -2.27. The zero-order valence-electron chi connectivity index (χ0n) is 10.2. The fourth-order valence-electron chi connectivity index (χ4n) is 1.15. The first kappa shape index (κ1) is 15.1. The molecule has 16 heavy (non-hydrogen) atoms. The van der Waals surface area contributed by atoms with E-state index in [9.17, 15) is 0 Å². The van der Waals surface area contributed by atoms with Crippen LogP contribution in [-0.2, 0) is 11.3 Å². The van der Waals surface area contributed by atoms with Crippen molar-refractivity contribution in [3.05, 3.63) is 35.9 Å². The first-order chi connectivity index (χ1) is 7.83. The Hall–Kier alpha value is -0.900. The number of hydrogen-bond acceptors (Lipinski definition) is 3. The molecule has 0 aliphatic rings. The predicted molar refractivity (Wildman–Crippen MR) is 67.1 cm³/mol. The van der Waals surface area contributed by atoms with Crippen molar-refractivity contribution < 1.29 is 9.84 Å². The first-order valence-electron chi connectivity index (χ1n) is 5.81. The van der Waals surface area contributed by atoms with Gasteiger partial charge in [-0.2, -0.15) is 0 Å². The van der Waals surface area contributed by atoms with Gasteiger partial charge in [0.25, 0.3) is 0 Å². The molecule has 1 atom stereocenters. The van der Waals surface area contributed by atoms with Crippen LogP contribution in [0, 0.1) is 0 Å². The molecule has 3 nitrogen and oxygen atoms in total. The molecule has 0 aliphatic carbocycles. The maximum absolute atomic E-state index is 8.62. The van der Waals surface area contributed by atoms with E-state index in [1.54, 1.807) is 0 Å². The van der Waals surface area contributed by atoms with Gasteiger partial charge in [0.05, 0.1) is 13.2 Å². The molecule has 0 aliphatic heterocycles. The quantitative estimate of drug-likeness (QED) is 0.778. The lowest BCUT2D eigenvalue weighted by molar-refractivity contribution is 0.100. The molecule has 0 fully saturated rings. The summed E-state index contributed by atoms with van der Waals surface area (Å²) in [6.07, 6.45) is 0.592. The summed E-state index contributed by atoms with van der Waals surface area (Å²) in [4.78, 5) is 0. The summed E-state index contributed by atoms with van der Waals surface area (Å²) in [7, 11) is 0. The third-order valence-electron chi connectivity index (χ3n) is 1.94. The molecule has 0 saturated carbocycles. The van der Waals surface area contributed by atoms with Crippen LogP contribution in [0.15, 0.2) is 30.3 Å². The number of nitrogens with two attached hydrogens (primary N) is 1. The van der Waals surface area contributed by atoms with Gasteiger partial charge in [-0.25, -0.2) is 0 Å². The minimum absolute atomic E-state index is 0.0660. The van der Waals surface area contributed by atoms with Gasteiger partial charge in [-0.3, -0.25) is 0 Å². The van der Waals surface area contributed by atoms with Crippen molar-refractivity contribution >= 4 is 0 Å². The Bertz CT molecular complexity index is 239. The highest BCUT2D eigenvalue weighted by Gasteiger charge is 2.01. The summed E-state index contributed by atoms with van der Waals surface area (Å²) >= 11 is 0. The van der Waals surface area contributed by atoms with Gasteiger partial charge >= 0.3 is 0 Å². The molecule has 0 aromatic heterocycles. The second-order valence-corrected chi connectivity index (χ2v) is 3.27. The predicted octanol–water partition coefficient (Wildman–Crippen LogP) is 1.94. The van der Waals surface area contributed by atoms with Crippen LogP contribution in [0.4, 0.5) is 0 Å². The minimum atomic E-state index is -0.0660. The van der Waals surface area contributed by atoms with Crippen molar-refractivity contribution in [1.82, 2.24) is 0 Å². The number of aliphatic hydroxyl groups is 1. The topological polar surface area (TPSA) is 55.5 Å². The van der Waals surface area contributed by atoms with E-state index in [1.807, 2.05) is 44.2 Å². The van der Waals surface area contributed by atoms with E-state index in [4.69, 9.17) is 15.6 Å². The molecule has 1 rings (SSSR count). The van der Waals surface area contributed by atoms with Crippen molar-refractivity contribution in [2.75, 3.05) is 13.2 Å². The van der Waals surface area contributed by atoms with Gasteiger partial charge in [-0.05, 0) is 12.0 Å². The number of rotatable bonds is 6. The fourth-order valence-corrected chi connectivity index (χ4v) is 1.15. The minimum Gasteiger partial charge on any atom is -0.396 e. The molecule has 1 unspecified atom stereocenters. The number of aliphatic hydroxyl groups excluding tert-OH is 1. The molecule has 0 bridgehead atoms. The summed E-state index contributed by atoms with van der Waals surface area (Å²) in [5.41, 5.74) is 6.81. The Morgan fingerprint density at radius 2 is 1.88 bits per heavy atom. The SMILES string of the molecule is CC.NC(CCO)COCc1ccccc1. The molecule has 3 N–H and O–H groups in total. The summed E-state index contributed by atoms with van der Waals surface area (Å²) in [6, 6.07) is 9.89. The molecule has 0 spiro atoms. The monoisotopic (exact) mass is 225 g/mol. The summed E-state index contributed by atoms with van der Waals surface area (Å²) in [6.45, 7) is 5.20. The van der Waals surface area contributed by atoms with E-state index < -0.39 is 0 Å². The van der Waals surface area contributed by atoms with E-state index in [0.717, 1.165) is 5.56 Å². The van der Waals surface area contributed by atoms with E-state index in [1.165, 1.54) is 0 Å². The molecule has 0 heterocycles. The average Bonchev–Trinajstić information content (AvgIpc) is 2.33. The van der Waals surface area contributed by atoms with Crippen LogP contribution in [0.1, 0.15) is 25.8 Å². The van der Waals surface area contributed by atoms with Crippen molar-refractivity contribution in [3.63, 3.8) is 0 Å². The van der Waals surface area contributed by atoms with E-state index in [2.05, 4.69) is 0 Å². The molecular weight excluding hydrogens is 202 g/mol. The number of hydrogen-bond donors (Lipinski definition) is 2. The van der Waals surface area contributed by atoms with Crippen LogP contribution in [0.5, 0.6) is 0 Å². The Morgan fingerprint density at radius 3 is 2.44 bits per heavy atom. The second-order valence-electron chi connectivity index (χ2n) is 3.27. The molecule has 3 heteroatoms. The standard InChI is InChI=1S/C11H17NO2.C2H6/c12-11(6-7-13)9-14-8-10-4-2-1-3-5-10;1-2/h1-5,11,13H,6-9,12H2;1-2H3. The molecule has 0 radical (unpaired) electrons. The Labute approximate surface area is 98.2 Å². The molecule has 0 saturated heterocycles. The third-order valence-corrected chi connectivity index (χ3v) is 1.94. The van der Waals surface area contributed by atoms with Gasteiger partial charge in [0.15, 0.2) is 0 Å². The maximum Gasteiger partial charge on any atom is 0.0717 e. The number of benzene rings is 1. The van der Waals surface area contributed by atoms with Crippen LogP contribution in [-0.4, -0.2) is 24.4 Å². The summed E-state index contributed by atoms with van der Waals surface area (Å²) in [5.74, 6) is 0. The van der Waals surface area contributed by atoms with Gasteiger partial charge in [0, 0.05) is 12.6 Å².